The number of piperidine rings is 1. The van der Waals surface area contributed by atoms with Gasteiger partial charge in [-0.1, -0.05) is 33.6 Å². The largest absolute Gasteiger partial charge is 0.329 e. The molecule has 0 aromatic rings. The summed E-state index contributed by atoms with van der Waals surface area (Å²) in [5.74, 6) is 2.77. The van der Waals surface area contributed by atoms with Crippen molar-refractivity contribution in [2.45, 2.75) is 77.7 Å². The summed E-state index contributed by atoms with van der Waals surface area (Å²) < 4.78 is 0. The molecule has 0 radical (unpaired) electrons. The van der Waals surface area contributed by atoms with E-state index in [0.29, 0.717) is 5.54 Å². The van der Waals surface area contributed by atoms with Gasteiger partial charge in [0, 0.05) is 12.1 Å². The van der Waals surface area contributed by atoms with Gasteiger partial charge in [-0.25, -0.2) is 0 Å². The standard InChI is InChI=1S/C18H36N2/c1-4-5-16-8-12-20(13-9-16)18(14-19)10-6-17(7-11-18)15(2)3/h15-17H,4-14,19H2,1-3H3. The lowest BCUT2D eigenvalue weighted by molar-refractivity contribution is 0.00921. The van der Waals surface area contributed by atoms with Gasteiger partial charge in [-0.05, 0) is 69.4 Å². The summed E-state index contributed by atoms with van der Waals surface area (Å²) in [5.41, 5.74) is 6.59. The van der Waals surface area contributed by atoms with Crippen LogP contribution >= 0.6 is 0 Å². The Morgan fingerprint density at radius 1 is 1.10 bits per heavy atom. The van der Waals surface area contributed by atoms with Crippen molar-refractivity contribution in [2.24, 2.45) is 23.5 Å². The minimum Gasteiger partial charge on any atom is -0.329 e. The Morgan fingerprint density at radius 2 is 1.70 bits per heavy atom. The fraction of sp³-hybridized carbons (Fsp3) is 1.00. The van der Waals surface area contributed by atoms with Crippen LogP contribution in [0.25, 0.3) is 0 Å². The van der Waals surface area contributed by atoms with E-state index in [1.807, 2.05) is 0 Å². The van der Waals surface area contributed by atoms with Gasteiger partial charge in [0.15, 0.2) is 0 Å². The molecular formula is C18H36N2. The van der Waals surface area contributed by atoms with Gasteiger partial charge in [-0.15, -0.1) is 0 Å². The predicted octanol–water partition coefficient (Wildman–Crippen LogP) is 4.04. The second-order valence-corrected chi connectivity index (χ2v) is 7.73. The van der Waals surface area contributed by atoms with Gasteiger partial charge in [-0.3, -0.25) is 4.90 Å². The number of hydrogen-bond donors (Lipinski definition) is 1. The van der Waals surface area contributed by atoms with Crippen LogP contribution in [0.3, 0.4) is 0 Å². The summed E-state index contributed by atoms with van der Waals surface area (Å²) in [6.45, 7) is 10.6. The van der Waals surface area contributed by atoms with Crippen molar-refractivity contribution in [3.05, 3.63) is 0 Å². The first-order valence-electron chi connectivity index (χ1n) is 9.06. The van der Waals surface area contributed by atoms with Crippen LogP contribution in [-0.4, -0.2) is 30.1 Å². The summed E-state index contributed by atoms with van der Waals surface area (Å²) in [5, 5.41) is 0. The molecule has 0 aromatic heterocycles. The highest BCUT2D eigenvalue weighted by Crippen LogP contribution is 2.40. The van der Waals surface area contributed by atoms with E-state index in [9.17, 15) is 0 Å². The molecule has 1 saturated carbocycles. The molecule has 0 bridgehead atoms. The molecule has 0 amide bonds. The fourth-order valence-electron chi connectivity index (χ4n) is 4.60. The number of hydrogen-bond acceptors (Lipinski definition) is 2. The molecule has 1 aliphatic heterocycles. The van der Waals surface area contributed by atoms with Crippen molar-refractivity contribution in [1.82, 2.24) is 4.90 Å². The van der Waals surface area contributed by atoms with Crippen molar-refractivity contribution in [3.8, 4) is 0 Å². The lowest BCUT2D eigenvalue weighted by Crippen LogP contribution is -2.58. The zero-order valence-electron chi connectivity index (χ0n) is 14.0. The van der Waals surface area contributed by atoms with Crippen LogP contribution in [0.5, 0.6) is 0 Å². The first-order valence-corrected chi connectivity index (χ1v) is 9.06. The molecule has 0 aromatic carbocycles. The third-order valence-electron chi connectivity index (χ3n) is 6.27. The lowest BCUT2D eigenvalue weighted by Gasteiger charge is -2.50. The van der Waals surface area contributed by atoms with Gasteiger partial charge in [0.05, 0.1) is 0 Å². The second kappa shape index (κ2) is 7.26. The van der Waals surface area contributed by atoms with Crippen molar-refractivity contribution in [2.75, 3.05) is 19.6 Å². The number of likely N-dealkylation sites (tertiary alicyclic amines) is 1. The molecule has 0 spiro atoms. The quantitative estimate of drug-likeness (QED) is 0.823. The third kappa shape index (κ3) is 3.57. The highest BCUT2D eigenvalue weighted by Gasteiger charge is 2.40. The van der Waals surface area contributed by atoms with Crippen LogP contribution < -0.4 is 5.73 Å². The highest BCUT2D eigenvalue weighted by molar-refractivity contribution is 4.97. The van der Waals surface area contributed by atoms with Crippen LogP contribution in [0.4, 0.5) is 0 Å². The molecule has 2 N–H and O–H groups in total. The monoisotopic (exact) mass is 280 g/mol. The van der Waals surface area contributed by atoms with E-state index in [-0.39, 0.29) is 0 Å². The molecule has 118 valence electrons. The van der Waals surface area contributed by atoms with E-state index in [2.05, 4.69) is 25.7 Å². The van der Waals surface area contributed by atoms with Crippen molar-refractivity contribution in [3.63, 3.8) is 0 Å². The van der Waals surface area contributed by atoms with Crippen LogP contribution in [-0.2, 0) is 0 Å². The summed E-state index contributed by atoms with van der Waals surface area (Å²) in [7, 11) is 0. The van der Waals surface area contributed by atoms with Gasteiger partial charge in [0.2, 0.25) is 0 Å². The molecule has 2 heteroatoms. The van der Waals surface area contributed by atoms with Gasteiger partial charge < -0.3 is 5.73 Å². The highest BCUT2D eigenvalue weighted by atomic mass is 15.2. The molecule has 2 fully saturated rings. The van der Waals surface area contributed by atoms with E-state index in [0.717, 1.165) is 24.3 Å². The SMILES string of the molecule is CCCC1CCN(C2(CN)CCC(C(C)C)CC2)CC1. The zero-order valence-corrected chi connectivity index (χ0v) is 14.0. The Morgan fingerprint density at radius 3 is 2.15 bits per heavy atom. The summed E-state index contributed by atoms with van der Waals surface area (Å²) in [4.78, 5) is 2.77. The Hall–Kier alpha value is -0.0800. The third-order valence-corrected chi connectivity index (χ3v) is 6.27. The van der Waals surface area contributed by atoms with Crippen molar-refractivity contribution < 1.29 is 0 Å². The van der Waals surface area contributed by atoms with E-state index in [1.165, 1.54) is 64.5 Å². The molecule has 1 heterocycles. The Kier molecular flexibility index (Phi) is 5.92. The minimum atomic E-state index is 0.350. The maximum Gasteiger partial charge on any atom is 0.0331 e. The average molecular weight is 280 g/mol. The molecule has 1 aliphatic carbocycles. The first kappa shape index (κ1) is 16.3. The first-order chi connectivity index (χ1) is 9.61. The van der Waals surface area contributed by atoms with Crippen LogP contribution in [0.1, 0.15) is 72.1 Å². The molecule has 1 saturated heterocycles. The van der Waals surface area contributed by atoms with Crippen LogP contribution in [0.15, 0.2) is 0 Å². The van der Waals surface area contributed by atoms with E-state index in [1.54, 1.807) is 0 Å². The Balaban J connectivity index is 1.89. The lowest BCUT2D eigenvalue weighted by atomic mass is 9.71. The van der Waals surface area contributed by atoms with E-state index < -0.39 is 0 Å². The second-order valence-electron chi connectivity index (χ2n) is 7.73. The Labute approximate surface area is 126 Å². The molecule has 0 unspecified atom stereocenters. The topological polar surface area (TPSA) is 29.3 Å². The predicted molar refractivity (Wildman–Crippen MR) is 87.8 cm³/mol. The fourth-order valence-corrected chi connectivity index (χ4v) is 4.60. The maximum atomic E-state index is 6.24. The normalized spacial score (nSPS) is 33.8. The van der Waals surface area contributed by atoms with Crippen LogP contribution in [0, 0.1) is 17.8 Å². The summed E-state index contributed by atoms with van der Waals surface area (Å²) in [6.07, 6.45) is 11.1. The average Bonchev–Trinajstić information content (AvgIpc) is 2.48. The van der Waals surface area contributed by atoms with Gasteiger partial charge >= 0.3 is 0 Å². The molecule has 2 nitrogen and oxygen atoms in total. The van der Waals surface area contributed by atoms with Gasteiger partial charge in [0.25, 0.3) is 0 Å². The summed E-state index contributed by atoms with van der Waals surface area (Å²) >= 11 is 0. The van der Waals surface area contributed by atoms with Gasteiger partial charge in [0.1, 0.15) is 0 Å². The molecule has 2 rings (SSSR count). The zero-order chi connectivity index (χ0) is 14.6. The number of nitrogens with zero attached hydrogens (tertiary/aromatic N) is 1. The van der Waals surface area contributed by atoms with Gasteiger partial charge in [-0.2, -0.15) is 0 Å². The minimum absolute atomic E-state index is 0.350. The van der Waals surface area contributed by atoms with E-state index in [4.69, 9.17) is 5.73 Å². The van der Waals surface area contributed by atoms with Crippen molar-refractivity contribution >= 4 is 0 Å². The number of nitrogens with two attached hydrogens (primary N) is 1. The van der Waals surface area contributed by atoms with Crippen LogP contribution in [0.2, 0.25) is 0 Å². The van der Waals surface area contributed by atoms with Crippen molar-refractivity contribution in [1.29, 1.82) is 0 Å². The number of rotatable bonds is 5. The molecule has 2 aliphatic rings. The van der Waals surface area contributed by atoms with E-state index >= 15 is 0 Å². The summed E-state index contributed by atoms with van der Waals surface area (Å²) in [6, 6.07) is 0. The molecular weight excluding hydrogens is 244 g/mol. The smallest absolute Gasteiger partial charge is 0.0331 e. The molecule has 20 heavy (non-hydrogen) atoms. The molecule has 0 atom stereocenters. The Bertz CT molecular complexity index is 271. The maximum absolute atomic E-state index is 6.24.